The number of pyridine rings is 1. The number of carbonyl (C=O) groups excluding carboxylic acids is 1. The zero-order valence-electron chi connectivity index (χ0n) is 21.8. The van der Waals surface area contributed by atoms with Crippen LogP contribution in [0.2, 0.25) is 0 Å². The highest BCUT2D eigenvalue weighted by atomic mass is 16.5. The molecule has 1 aliphatic rings. The number of hydrogen-bond donors (Lipinski definition) is 3. The molecule has 3 heterocycles. The number of methoxy groups -OCH3 is 2. The Kier molecular flexibility index (Phi) is 5.91. The first-order valence-corrected chi connectivity index (χ1v) is 12.3. The number of benzene rings is 2. The summed E-state index contributed by atoms with van der Waals surface area (Å²) in [5.41, 5.74) is 3.46. The highest BCUT2D eigenvalue weighted by Crippen LogP contribution is 2.38. The van der Waals surface area contributed by atoms with Crippen molar-refractivity contribution >= 4 is 27.7 Å². The molecule has 0 aliphatic carbocycles. The number of hydrogen-bond acceptors (Lipinski definition) is 5. The molecule has 0 atom stereocenters. The van der Waals surface area contributed by atoms with E-state index >= 15 is 0 Å². The third kappa shape index (κ3) is 4.51. The third-order valence-corrected chi connectivity index (χ3v) is 6.92. The van der Waals surface area contributed by atoms with Gasteiger partial charge in [0, 0.05) is 39.0 Å². The van der Waals surface area contributed by atoms with E-state index in [4.69, 9.17) is 14.5 Å². The van der Waals surface area contributed by atoms with Gasteiger partial charge in [-0.1, -0.05) is 18.2 Å². The van der Waals surface area contributed by atoms with Gasteiger partial charge in [0.15, 0.2) is 0 Å². The molecule has 4 aromatic rings. The summed E-state index contributed by atoms with van der Waals surface area (Å²) in [6.07, 6.45) is 1.68. The largest absolute Gasteiger partial charge is 0.497 e. The Morgan fingerprint density at radius 1 is 0.972 bits per heavy atom. The van der Waals surface area contributed by atoms with Gasteiger partial charge in [-0.3, -0.25) is 4.79 Å². The maximum atomic E-state index is 13.6. The Hall–Kier alpha value is -3.58. The lowest BCUT2D eigenvalue weighted by Crippen LogP contribution is -2.62. The monoisotopic (exact) mass is 486 g/mol. The SMILES string of the molecule is COc1ccc(OC)c(-c2nc(C(=O)NC3CC(C)(C)NC(C)(C)C3)cc3c2[nH]c2ccccc23)c1. The number of rotatable bonds is 5. The number of amides is 1. The molecule has 0 bridgehead atoms. The van der Waals surface area contributed by atoms with Crippen molar-refractivity contribution in [3.63, 3.8) is 0 Å². The van der Waals surface area contributed by atoms with Crippen LogP contribution in [0.4, 0.5) is 0 Å². The van der Waals surface area contributed by atoms with Crippen LogP contribution in [0.3, 0.4) is 0 Å². The summed E-state index contributed by atoms with van der Waals surface area (Å²) in [5.74, 6) is 1.16. The first-order chi connectivity index (χ1) is 17.1. The summed E-state index contributed by atoms with van der Waals surface area (Å²) in [6, 6.07) is 15.6. The van der Waals surface area contributed by atoms with Gasteiger partial charge in [-0.05, 0) is 70.9 Å². The van der Waals surface area contributed by atoms with Crippen LogP contribution in [0.5, 0.6) is 11.5 Å². The summed E-state index contributed by atoms with van der Waals surface area (Å²) in [4.78, 5) is 22.0. The highest BCUT2D eigenvalue weighted by molar-refractivity contribution is 6.13. The highest BCUT2D eigenvalue weighted by Gasteiger charge is 2.38. The predicted octanol–water partition coefficient (Wildman–Crippen LogP) is 5.44. The Balaban J connectivity index is 1.64. The number of para-hydroxylation sites is 1. The van der Waals surface area contributed by atoms with Gasteiger partial charge in [0.25, 0.3) is 5.91 Å². The number of H-pyrrole nitrogens is 1. The molecule has 5 rings (SSSR count). The summed E-state index contributed by atoms with van der Waals surface area (Å²) in [6.45, 7) is 8.71. The molecule has 1 fully saturated rings. The molecule has 2 aromatic carbocycles. The van der Waals surface area contributed by atoms with Crippen molar-refractivity contribution in [2.45, 2.75) is 57.7 Å². The lowest BCUT2D eigenvalue weighted by Gasteiger charge is -2.46. The van der Waals surface area contributed by atoms with Crippen LogP contribution in [0.1, 0.15) is 51.0 Å². The van der Waals surface area contributed by atoms with E-state index in [9.17, 15) is 4.79 Å². The summed E-state index contributed by atoms with van der Waals surface area (Å²) < 4.78 is 11.2. The fraction of sp³-hybridized carbons (Fsp3) is 0.379. The van der Waals surface area contributed by atoms with E-state index in [1.807, 2.05) is 42.5 Å². The summed E-state index contributed by atoms with van der Waals surface area (Å²) >= 11 is 0. The number of carbonyl (C=O) groups is 1. The molecule has 0 radical (unpaired) electrons. The smallest absolute Gasteiger partial charge is 0.270 e. The van der Waals surface area contributed by atoms with Crippen molar-refractivity contribution in [3.8, 4) is 22.8 Å². The lowest BCUT2D eigenvalue weighted by atomic mass is 9.79. The maximum absolute atomic E-state index is 13.6. The average Bonchev–Trinajstić information content (AvgIpc) is 3.19. The molecule has 1 amide bonds. The zero-order valence-corrected chi connectivity index (χ0v) is 21.8. The number of piperidine rings is 1. The minimum Gasteiger partial charge on any atom is -0.497 e. The van der Waals surface area contributed by atoms with E-state index in [-0.39, 0.29) is 23.0 Å². The van der Waals surface area contributed by atoms with E-state index in [2.05, 4.69) is 49.4 Å². The van der Waals surface area contributed by atoms with Crippen molar-refractivity contribution in [2.75, 3.05) is 14.2 Å². The molecule has 1 saturated heterocycles. The Morgan fingerprint density at radius 3 is 2.39 bits per heavy atom. The van der Waals surface area contributed by atoms with Gasteiger partial charge in [-0.2, -0.15) is 0 Å². The lowest BCUT2D eigenvalue weighted by molar-refractivity contribution is 0.0868. The molecule has 36 heavy (non-hydrogen) atoms. The van der Waals surface area contributed by atoms with Crippen molar-refractivity contribution < 1.29 is 14.3 Å². The standard InChI is InChI=1S/C29H34N4O3/c1-28(2)15-17(16-29(3,4)33-28)30-27(34)23-14-20-19-9-7-8-10-22(19)31-25(20)26(32-23)21-13-18(35-5)11-12-24(21)36-6/h7-14,17,31,33H,15-16H2,1-6H3,(H,30,34). The minimum absolute atomic E-state index is 0.0408. The van der Waals surface area contributed by atoms with Crippen LogP contribution in [0.25, 0.3) is 33.1 Å². The Bertz CT molecular complexity index is 1440. The molecular weight excluding hydrogens is 452 g/mol. The first-order valence-electron chi connectivity index (χ1n) is 12.3. The van der Waals surface area contributed by atoms with Crippen LogP contribution >= 0.6 is 0 Å². The van der Waals surface area contributed by atoms with Crippen molar-refractivity contribution in [2.24, 2.45) is 0 Å². The van der Waals surface area contributed by atoms with Gasteiger partial charge < -0.3 is 25.1 Å². The van der Waals surface area contributed by atoms with Crippen molar-refractivity contribution in [1.82, 2.24) is 20.6 Å². The Morgan fingerprint density at radius 2 is 1.69 bits per heavy atom. The van der Waals surface area contributed by atoms with E-state index in [0.717, 1.165) is 40.2 Å². The molecule has 7 heteroatoms. The molecule has 0 unspecified atom stereocenters. The average molecular weight is 487 g/mol. The number of nitrogens with one attached hydrogen (secondary N) is 3. The van der Waals surface area contributed by atoms with E-state index in [0.29, 0.717) is 22.9 Å². The molecule has 0 spiro atoms. The quantitative estimate of drug-likeness (QED) is 0.350. The predicted molar refractivity (Wildman–Crippen MR) is 144 cm³/mol. The third-order valence-electron chi connectivity index (χ3n) is 6.92. The number of ether oxygens (including phenoxy) is 2. The van der Waals surface area contributed by atoms with Crippen molar-refractivity contribution in [3.05, 3.63) is 54.2 Å². The molecule has 1 aliphatic heterocycles. The molecule has 188 valence electrons. The molecule has 7 nitrogen and oxygen atoms in total. The number of aromatic nitrogens is 2. The molecule has 3 N–H and O–H groups in total. The Labute approximate surface area is 211 Å². The van der Waals surface area contributed by atoms with Gasteiger partial charge >= 0.3 is 0 Å². The normalized spacial score (nSPS) is 17.3. The van der Waals surface area contributed by atoms with E-state index in [1.165, 1.54) is 0 Å². The van der Waals surface area contributed by atoms with Crippen molar-refractivity contribution in [1.29, 1.82) is 0 Å². The molecule has 0 saturated carbocycles. The van der Waals surface area contributed by atoms with Crippen LogP contribution in [0.15, 0.2) is 48.5 Å². The van der Waals surface area contributed by atoms with E-state index < -0.39 is 0 Å². The second-order valence-electron chi connectivity index (χ2n) is 11.0. The van der Waals surface area contributed by atoms with Crippen LogP contribution in [-0.4, -0.2) is 47.2 Å². The second-order valence-corrected chi connectivity index (χ2v) is 11.0. The summed E-state index contributed by atoms with van der Waals surface area (Å²) in [7, 11) is 3.26. The second kappa shape index (κ2) is 8.82. The maximum Gasteiger partial charge on any atom is 0.270 e. The first kappa shape index (κ1) is 24.1. The van der Waals surface area contributed by atoms with Crippen LogP contribution in [-0.2, 0) is 0 Å². The fourth-order valence-electron chi connectivity index (χ4n) is 5.84. The number of nitrogens with zero attached hydrogens (tertiary/aromatic N) is 1. The minimum atomic E-state index is -0.177. The molecular formula is C29H34N4O3. The van der Waals surface area contributed by atoms with Gasteiger partial charge in [0.1, 0.15) is 17.2 Å². The van der Waals surface area contributed by atoms with Gasteiger partial charge in [0.05, 0.1) is 25.4 Å². The fourth-order valence-corrected chi connectivity index (χ4v) is 5.84. The van der Waals surface area contributed by atoms with E-state index in [1.54, 1.807) is 14.2 Å². The summed E-state index contributed by atoms with van der Waals surface area (Å²) in [5, 5.41) is 8.93. The molecule has 2 aromatic heterocycles. The van der Waals surface area contributed by atoms with Crippen LogP contribution in [0, 0.1) is 0 Å². The van der Waals surface area contributed by atoms with Gasteiger partial charge in [-0.25, -0.2) is 4.98 Å². The van der Waals surface area contributed by atoms with Crippen LogP contribution < -0.4 is 20.1 Å². The number of fused-ring (bicyclic) bond motifs is 3. The van der Waals surface area contributed by atoms with Gasteiger partial charge in [0.2, 0.25) is 0 Å². The topological polar surface area (TPSA) is 88.3 Å². The van der Waals surface area contributed by atoms with Gasteiger partial charge in [-0.15, -0.1) is 0 Å². The zero-order chi connectivity index (χ0) is 25.7. The number of aromatic amines is 1.